The fraction of sp³-hybridized carbons (Fsp3) is 0. The van der Waals surface area contributed by atoms with Crippen LogP contribution in [0.1, 0.15) is 16.7 Å². The molecule has 0 radical (unpaired) electrons. The molecule has 0 aliphatic carbocycles. The summed E-state index contributed by atoms with van der Waals surface area (Å²) < 4.78 is 0. The Balaban J connectivity index is 2.77. The standard InChI is InChI=1S/C15H7N3/c16-8-12-6-7-13(11-4-2-1-3-5-11)15(10-18)14(12)9-17/h1-7H. The second-order valence-corrected chi connectivity index (χ2v) is 3.61. The van der Waals surface area contributed by atoms with Gasteiger partial charge in [0.05, 0.1) is 16.7 Å². The monoisotopic (exact) mass is 229 g/mol. The summed E-state index contributed by atoms with van der Waals surface area (Å²) in [6, 6.07) is 18.5. The highest BCUT2D eigenvalue weighted by Crippen LogP contribution is 2.27. The maximum atomic E-state index is 9.20. The molecule has 0 fully saturated rings. The van der Waals surface area contributed by atoms with Crippen LogP contribution in [0.15, 0.2) is 42.5 Å². The average Bonchev–Trinajstić information content (AvgIpc) is 2.46. The third kappa shape index (κ3) is 1.80. The molecule has 2 aromatic carbocycles. The maximum Gasteiger partial charge on any atom is 0.102 e. The Morgan fingerprint density at radius 2 is 1.33 bits per heavy atom. The van der Waals surface area contributed by atoms with Gasteiger partial charge in [0.2, 0.25) is 0 Å². The van der Waals surface area contributed by atoms with Crippen LogP contribution >= 0.6 is 0 Å². The molecule has 0 aromatic heterocycles. The minimum Gasteiger partial charge on any atom is -0.192 e. The van der Waals surface area contributed by atoms with Crippen LogP contribution in [0.2, 0.25) is 0 Å². The first-order chi connectivity index (χ1) is 8.81. The van der Waals surface area contributed by atoms with Crippen molar-refractivity contribution >= 4 is 0 Å². The van der Waals surface area contributed by atoms with Crippen LogP contribution in [-0.2, 0) is 0 Å². The molecule has 0 saturated carbocycles. The first kappa shape index (κ1) is 11.4. The van der Waals surface area contributed by atoms with Gasteiger partial charge in [-0.2, -0.15) is 15.8 Å². The zero-order chi connectivity index (χ0) is 13.0. The van der Waals surface area contributed by atoms with Crippen molar-refractivity contribution in [2.45, 2.75) is 0 Å². The molecule has 2 aromatic rings. The van der Waals surface area contributed by atoms with Crippen LogP contribution in [0.4, 0.5) is 0 Å². The van der Waals surface area contributed by atoms with Gasteiger partial charge in [-0.15, -0.1) is 0 Å². The van der Waals surface area contributed by atoms with Gasteiger partial charge < -0.3 is 0 Å². The average molecular weight is 229 g/mol. The molecule has 3 heteroatoms. The topological polar surface area (TPSA) is 71.4 Å². The van der Waals surface area contributed by atoms with Gasteiger partial charge >= 0.3 is 0 Å². The van der Waals surface area contributed by atoms with Crippen LogP contribution < -0.4 is 0 Å². The highest BCUT2D eigenvalue weighted by atomic mass is 14.3. The first-order valence-corrected chi connectivity index (χ1v) is 5.24. The van der Waals surface area contributed by atoms with Crippen molar-refractivity contribution in [3.05, 3.63) is 59.2 Å². The highest BCUT2D eigenvalue weighted by molar-refractivity contribution is 5.75. The van der Waals surface area contributed by atoms with Crippen LogP contribution in [0.25, 0.3) is 11.1 Å². The molecule has 0 spiro atoms. The van der Waals surface area contributed by atoms with Gasteiger partial charge in [0.1, 0.15) is 18.2 Å². The van der Waals surface area contributed by atoms with Gasteiger partial charge in [-0.05, 0) is 11.6 Å². The van der Waals surface area contributed by atoms with Gasteiger partial charge in [0.25, 0.3) is 0 Å². The molecule has 0 N–H and O–H groups in total. The third-order valence-electron chi connectivity index (χ3n) is 2.63. The lowest BCUT2D eigenvalue weighted by atomic mass is 9.93. The number of nitrogens with zero attached hydrogens (tertiary/aromatic N) is 3. The number of nitriles is 3. The Hall–Kier alpha value is -3.09. The maximum absolute atomic E-state index is 9.20. The Kier molecular flexibility index (Phi) is 3.06. The molecule has 0 amide bonds. The SMILES string of the molecule is N#Cc1ccc(-c2ccccc2)c(C#N)c1C#N. The fourth-order valence-corrected chi connectivity index (χ4v) is 1.79. The summed E-state index contributed by atoms with van der Waals surface area (Å²) in [5.41, 5.74) is 2.15. The summed E-state index contributed by atoms with van der Waals surface area (Å²) in [5.74, 6) is 0. The van der Waals surface area contributed by atoms with E-state index in [-0.39, 0.29) is 16.7 Å². The Morgan fingerprint density at radius 1 is 0.667 bits per heavy atom. The number of benzene rings is 2. The molecule has 18 heavy (non-hydrogen) atoms. The van der Waals surface area contributed by atoms with Gasteiger partial charge in [0.15, 0.2) is 0 Å². The van der Waals surface area contributed by atoms with E-state index in [0.29, 0.717) is 5.56 Å². The quantitative estimate of drug-likeness (QED) is 0.754. The lowest BCUT2D eigenvalue weighted by Crippen LogP contribution is -1.93. The van der Waals surface area contributed by atoms with E-state index in [1.54, 1.807) is 12.1 Å². The number of rotatable bonds is 1. The fourth-order valence-electron chi connectivity index (χ4n) is 1.79. The van der Waals surface area contributed by atoms with Crippen LogP contribution in [0.5, 0.6) is 0 Å². The Labute approximate surface area is 105 Å². The summed E-state index contributed by atoms with van der Waals surface area (Å²) in [4.78, 5) is 0. The van der Waals surface area contributed by atoms with Crippen molar-refractivity contribution in [3.8, 4) is 29.3 Å². The van der Waals surface area contributed by atoms with Crippen LogP contribution in [-0.4, -0.2) is 0 Å². The summed E-state index contributed by atoms with van der Waals surface area (Å²) in [6.07, 6.45) is 0. The van der Waals surface area contributed by atoms with Crippen LogP contribution in [0, 0.1) is 34.0 Å². The van der Waals surface area contributed by atoms with E-state index in [1.807, 2.05) is 48.5 Å². The molecular weight excluding hydrogens is 222 g/mol. The molecule has 0 bridgehead atoms. The Morgan fingerprint density at radius 3 is 1.89 bits per heavy atom. The smallest absolute Gasteiger partial charge is 0.102 e. The van der Waals surface area contributed by atoms with Crippen molar-refractivity contribution in [3.63, 3.8) is 0 Å². The van der Waals surface area contributed by atoms with Gasteiger partial charge in [-0.25, -0.2) is 0 Å². The predicted molar refractivity (Wildman–Crippen MR) is 66.0 cm³/mol. The summed E-state index contributed by atoms with van der Waals surface area (Å²) in [7, 11) is 0. The summed E-state index contributed by atoms with van der Waals surface area (Å²) >= 11 is 0. The molecule has 0 aliphatic heterocycles. The van der Waals surface area contributed by atoms with E-state index < -0.39 is 0 Å². The summed E-state index contributed by atoms with van der Waals surface area (Å²) in [6.45, 7) is 0. The largest absolute Gasteiger partial charge is 0.192 e. The van der Waals surface area contributed by atoms with E-state index in [1.165, 1.54) is 0 Å². The number of hydrogen-bond acceptors (Lipinski definition) is 3. The Bertz CT molecular complexity index is 710. The molecule has 0 aliphatic rings. The summed E-state index contributed by atoms with van der Waals surface area (Å²) in [5, 5.41) is 27.2. The third-order valence-corrected chi connectivity index (χ3v) is 2.63. The zero-order valence-corrected chi connectivity index (χ0v) is 9.38. The van der Waals surface area contributed by atoms with Crippen molar-refractivity contribution < 1.29 is 0 Å². The molecule has 0 heterocycles. The van der Waals surface area contributed by atoms with Crippen LogP contribution in [0.3, 0.4) is 0 Å². The predicted octanol–water partition coefficient (Wildman–Crippen LogP) is 2.97. The molecular formula is C15H7N3. The first-order valence-electron chi connectivity index (χ1n) is 5.24. The van der Waals surface area contributed by atoms with Crippen molar-refractivity contribution in [2.75, 3.05) is 0 Å². The normalized spacial score (nSPS) is 8.94. The van der Waals surface area contributed by atoms with Gasteiger partial charge in [-0.3, -0.25) is 0 Å². The molecule has 0 atom stereocenters. The van der Waals surface area contributed by atoms with E-state index in [9.17, 15) is 5.26 Å². The second-order valence-electron chi connectivity index (χ2n) is 3.61. The van der Waals surface area contributed by atoms with Crippen molar-refractivity contribution in [2.24, 2.45) is 0 Å². The molecule has 82 valence electrons. The van der Waals surface area contributed by atoms with Crippen molar-refractivity contribution in [1.29, 1.82) is 15.8 Å². The van der Waals surface area contributed by atoms with E-state index >= 15 is 0 Å². The zero-order valence-electron chi connectivity index (χ0n) is 9.38. The van der Waals surface area contributed by atoms with E-state index in [4.69, 9.17) is 10.5 Å². The molecule has 2 rings (SSSR count). The van der Waals surface area contributed by atoms with Crippen molar-refractivity contribution in [1.82, 2.24) is 0 Å². The van der Waals surface area contributed by atoms with Gasteiger partial charge in [0, 0.05) is 5.56 Å². The van der Waals surface area contributed by atoms with E-state index in [0.717, 1.165) is 5.56 Å². The second kappa shape index (κ2) is 4.83. The highest BCUT2D eigenvalue weighted by Gasteiger charge is 2.13. The number of hydrogen-bond donors (Lipinski definition) is 0. The minimum absolute atomic E-state index is 0.140. The van der Waals surface area contributed by atoms with Gasteiger partial charge in [-0.1, -0.05) is 36.4 Å². The minimum atomic E-state index is 0.140. The molecule has 3 nitrogen and oxygen atoms in total. The van der Waals surface area contributed by atoms with E-state index in [2.05, 4.69) is 0 Å². The lowest BCUT2D eigenvalue weighted by Gasteiger charge is -2.06. The molecule has 0 unspecified atom stereocenters. The molecule has 0 saturated heterocycles. The lowest BCUT2D eigenvalue weighted by molar-refractivity contribution is 1.39.